The van der Waals surface area contributed by atoms with E-state index in [2.05, 4.69) is 33.5 Å². The zero-order chi connectivity index (χ0) is 18.5. The van der Waals surface area contributed by atoms with E-state index in [0.29, 0.717) is 5.69 Å². The average molecular weight is 353 g/mol. The first-order valence-electron chi connectivity index (χ1n) is 8.90. The van der Waals surface area contributed by atoms with Gasteiger partial charge in [-0.3, -0.25) is 9.78 Å². The largest absolute Gasteiger partial charge is 0.451 e. The highest BCUT2D eigenvalue weighted by atomic mass is 16.5. The van der Waals surface area contributed by atoms with E-state index in [-0.39, 0.29) is 24.2 Å². The number of benzene rings is 1. The second-order valence-corrected chi connectivity index (χ2v) is 6.64. The third kappa shape index (κ3) is 4.45. The number of nitrogens with one attached hydrogen (secondary N) is 1. The van der Waals surface area contributed by atoms with Crippen molar-refractivity contribution in [3.05, 3.63) is 58.7 Å². The van der Waals surface area contributed by atoms with Gasteiger partial charge < -0.3 is 10.1 Å². The number of hydrogen-bond acceptors (Lipinski definition) is 5. The molecule has 1 atom stereocenters. The molecule has 6 heteroatoms. The summed E-state index contributed by atoms with van der Waals surface area (Å²) in [6.45, 7) is 3.36. The van der Waals surface area contributed by atoms with Gasteiger partial charge in [-0.15, -0.1) is 0 Å². The van der Waals surface area contributed by atoms with Crippen molar-refractivity contribution in [2.75, 3.05) is 6.61 Å². The van der Waals surface area contributed by atoms with Gasteiger partial charge in [0.05, 0.1) is 17.9 Å². The molecule has 0 aliphatic heterocycles. The second-order valence-electron chi connectivity index (χ2n) is 6.64. The number of aromatic nitrogens is 2. The summed E-state index contributed by atoms with van der Waals surface area (Å²) in [5.41, 5.74) is 4.64. The minimum absolute atomic E-state index is 0.0890. The van der Waals surface area contributed by atoms with Gasteiger partial charge in [0.15, 0.2) is 12.3 Å². The number of amides is 1. The van der Waals surface area contributed by atoms with Gasteiger partial charge in [-0.05, 0) is 56.2 Å². The molecule has 3 rings (SSSR count). The van der Waals surface area contributed by atoms with Crippen LogP contribution in [0.5, 0.6) is 0 Å². The standard InChI is InChI=1S/C20H23N3O3/c1-13-10-22-18(11-21-13)20(25)26-12-19(24)23-14(2)16-8-7-15-5-3-4-6-17(15)9-16/h7-11,14H,3-6,12H2,1-2H3,(H,23,24)/t14-/m0/s1. The maximum absolute atomic E-state index is 12.1. The fraction of sp³-hybridized carbons (Fsp3) is 0.400. The summed E-state index contributed by atoms with van der Waals surface area (Å²) in [6.07, 6.45) is 7.51. The fourth-order valence-corrected chi connectivity index (χ4v) is 3.09. The predicted molar refractivity (Wildman–Crippen MR) is 96.7 cm³/mol. The topological polar surface area (TPSA) is 81.2 Å². The summed E-state index contributed by atoms with van der Waals surface area (Å²) in [7, 11) is 0. The number of aryl methyl sites for hydroxylation is 3. The minimum Gasteiger partial charge on any atom is -0.451 e. The third-order valence-electron chi connectivity index (χ3n) is 4.57. The monoisotopic (exact) mass is 353 g/mol. The Morgan fingerprint density at radius 1 is 1.15 bits per heavy atom. The molecule has 6 nitrogen and oxygen atoms in total. The molecule has 0 bridgehead atoms. The Bertz CT molecular complexity index is 802. The van der Waals surface area contributed by atoms with E-state index in [9.17, 15) is 9.59 Å². The van der Waals surface area contributed by atoms with Crippen LogP contribution in [-0.4, -0.2) is 28.5 Å². The summed E-state index contributed by atoms with van der Waals surface area (Å²) < 4.78 is 5.00. The van der Waals surface area contributed by atoms with Crippen LogP contribution < -0.4 is 5.32 Å². The number of carbonyl (C=O) groups is 2. The van der Waals surface area contributed by atoms with Crippen LogP contribution in [0.1, 0.15) is 58.7 Å². The Balaban J connectivity index is 1.52. The number of fused-ring (bicyclic) bond motifs is 1. The number of rotatable bonds is 5. The molecule has 0 fully saturated rings. The molecule has 0 saturated heterocycles. The van der Waals surface area contributed by atoms with E-state index < -0.39 is 5.97 Å². The van der Waals surface area contributed by atoms with Crippen LogP contribution in [0.25, 0.3) is 0 Å². The molecule has 136 valence electrons. The second kappa shape index (κ2) is 8.08. The van der Waals surface area contributed by atoms with E-state index in [4.69, 9.17) is 4.74 Å². The molecule has 1 heterocycles. The van der Waals surface area contributed by atoms with E-state index >= 15 is 0 Å². The van der Waals surface area contributed by atoms with Crippen molar-refractivity contribution in [2.24, 2.45) is 0 Å². The van der Waals surface area contributed by atoms with Gasteiger partial charge in [0.1, 0.15) is 0 Å². The fourth-order valence-electron chi connectivity index (χ4n) is 3.09. The number of hydrogen-bond donors (Lipinski definition) is 1. The Kier molecular flexibility index (Phi) is 5.61. The van der Waals surface area contributed by atoms with Crippen LogP contribution in [0.2, 0.25) is 0 Å². The van der Waals surface area contributed by atoms with Crippen LogP contribution in [0.3, 0.4) is 0 Å². The summed E-state index contributed by atoms with van der Waals surface area (Å²) in [4.78, 5) is 31.9. The van der Waals surface area contributed by atoms with Crippen LogP contribution in [0.15, 0.2) is 30.6 Å². The van der Waals surface area contributed by atoms with Gasteiger partial charge in [0, 0.05) is 6.20 Å². The lowest BCUT2D eigenvalue weighted by molar-refractivity contribution is -0.124. The molecule has 0 saturated carbocycles. The SMILES string of the molecule is Cc1cnc(C(=O)OCC(=O)N[C@@H](C)c2ccc3c(c2)CCCC3)cn1. The third-order valence-corrected chi connectivity index (χ3v) is 4.57. The Morgan fingerprint density at radius 2 is 1.92 bits per heavy atom. The summed E-state index contributed by atoms with van der Waals surface area (Å²) >= 11 is 0. The predicted octanol–water partition coefficient (Wildman–Crippen LogP) is 2.70. The quantitative estimate of drug-likeness (QED) is 0.836. The van der Waals surface area contributed by atoms with Crippen LogP contribution in [0.4, 0.5) is 0 Å². The molecule has 1 aromatic carbocycles. The molecule has 1 aromatic heterocycles. The highest BCUT2D eigenvalue weighted by molar-refractivity contribution is 5.89. The van der Waals surface area contributed by atoms with Crippen LogP contribution in [0, 0.1) is 6.92 Å². The molecule has 0 radical (unpaired) electrons. The lowest BCUT2D eigenvalue weighted by Crippen LogP contribution is -2.31. The first-order valence-corrected chi connectivity index (χ1v) is 8.90. The van der Waals surface area contributed by atoms with Crippen molar-refractivity contribution < 1.29 is 14.3 Å². The summed E-state index contributed by atoms with van der Waals surface area (Å²) in [5.74, 6) is -1.00. The Labute approximate surface area is 153 Å². The minimum atomic E-state index is -0.658. The van der Waals surface area contributed by atoms with Crippen molar-refractivity contribution in [1.29, 1.82) is 0 Å². The van der Waals surface area contributed by atoms with Crippen LogP contribution >= 0.6 is 0 Å². The van der Waals surface area contributed by atoms with Crippen molar-refractivity contribution in [3.63, 3.8) is 0 Å². The molecular formula is C20H23N3O3. The lowest BCUT2D eigenvalue weighted by Gasteiger charge is -2.20. The van der Waals surface area contributed by atoms with Gasteiger partial charge in [-0.1, -0.05) is 18.2 Å². The van der Waals surface area contributed by atoms with Crippen molar-refractivity contribution >= 4 is 11.9 Å². The van der Waals surface area contributed by atoms with Crippen molar-refractivity contribution in [2.45, 2.75) is 45.6 Å². The van der Waals surface area contributed by atoms with Gasteiger partial charge in [-0.2, -0.15) is 0 Å². The number of esters is 1. The van der Waals surface area contributed by atoms with E-state index in [0.717, 1.165) is 18.4 Å². The highest BCUT2D eigenvalue weighted by Gasteiger charge is 2.16. The van der Waals surface area contributed by atoms with Crippen LogP contribution in [-0.2, 0) is 22.4 Å². The molecule has 0 spiro atoms. The molecule has 2 aromatic rings. The molecule has 26 heavy (non-hydrogen) atoms. The van der Waals surface area contributed by atoms with E-state index in [1.807, 2.05) is 6.92 Å². The van der Waals surface area contributed by atoms with Crippen molar-refractivity contribution in [1.82, 2.24) is 15.3 Å². The molecule has 1 amide bonds. The Hall–Kier alpha value is -2.76. The normalized spacial score (nSPS) is 14.2. The maximum Gasteiger partial charge on any atom is 0.359 e. The van der Waals surface area contributed by atoms with E-state index in [1.165, 1.54) is 36.4 Å². The summed E-state index contributed by atoms with van der Waals surface area (Å²) in [6, 6.07) is 6.24. The van der Waals surface area contributed by atoms with Gasteiger partial charge in [0.25, 0.3) is 5.91 Å². The molecule has 1 aliphatic rings. The maximum atomic E-state index is 12.1. The first kappa shape index (κ1) is 18.0. The molecule has 0 unspecified atom stereocenters. The number of nitrogens with zero attached hydrogens (tertiary/aromatic N) is 2. The summed E-state index contributed by atoms with van der Waals surface area (Å²) in [5, 5.41) is 2.87. The first-order chi connectivity index (χ1) is 12.5. The van der Waals surface area contributed by atoms with Gasteiger partial charge >= 0.3 is 5.97 Å². The van der Waals surface area contributed by atoms with Gasteiger partial charge in [0.2, 0.25) is 0 Å². The Morgan fingerprint density at radius 3 is 2.65 bits per heavy atom. The van der Waals surface area contributed by atoms with Gasteiger partial charge in [-0.25, -0.2) is 9.78 Å². The average Bonchev–Trinajstić information content (AvgIpc) is 2.66. The van der Waals surface area contributed by atoms with E-state index in [1.54, 1.807) is 6.92 Å². The number of carbonyl (C=O) groups excluding carboxylic acids is 2. The lowest BCUT2D eigenvalue weighted by atomic mass is 9.89. The molecular weight excluding hydrogens is 330 g/mol. The zero-order valence-corrected chi connectivity index (χ0v) is 15.1. The molecule has 1 N–H and O–H groups in total. The van der Waals surface area contributed by atoms with Crippen molar-refractivity contribution in [3.8, 4) is 0 Å². The zero-order valence-electron chi connectivity index (χ0n) is 15.1. The highest BCUT2D eigenvalue weighted by Crippen LogP contribution is 2.24. The number of ether oxygens (including phenoxy) is 1. The molecule has 1 aliphatic carbocycles. The smallest absolute Gasteiger partial charge is 0.359 e.